The van der Waals surface area contributed by atoms with Crippen LogP contribution in [0, 0.1) is 13.8 Å². The first kappa shape index (κ1) is 22.6. The smallest absolute Gasteiger partial charge is 0.343 e. The van der Waals surface area contributed by atoms with Crippen molar-refractivity contribution < 1.29 is 19.1 Å². The number of anilines is 2. The van der Waals surface area contributed by atoms with E-state index in [-0.39, 0.29) is 0 Å². The van der Waals surface area contributed by atoms with Gasteiger partial charge in [-0.15, -0.1) is 0 Å². The van der Waals surface area contributed by atoms with E-state index in [1.54, 1.807) is 60.7 Å². The number of nitrogens with two attached hydrogens (primary N) is 2. The summed E-state index contributed by atoms with van der Waals surface area (Å²) in [5.74, 6) is -0.0272. The van der Waals surface area contributed by atoms with Gasteiger partial charge in [0.1, 0.15) is 11.5 Å². The molecule has 0 radical (unpaired) electrons. The van der Waals surface area contributed by atoms with E-state index in [0.29, 0.717) is 34.0 Å². The number of nitrogen functional groups attached to an aromatic ring is 2. The fourth-order valence-corrected chi connectivity index (χ4v) is 3.53. The average Bonchev–Trinajstić information content (AvgIpc) is 2.83. The van der Waals surface area contributed by atoms with E-state index in [0.717, 1.165) is 22.3 Å². The van der Waals surface area contributed by atoms with Crippen molar-refractivity contribution in [3.8, 4) is 22.6 Å². The van der Waals surface area contributed by atoms with Gasteiger partial charge in [-0.1, -0.05) is 18.2 Å². The summed E-state index contributed by atoms with van der Waals surface area (Å²) in [6.45, 7) is 3.79. The minimum atomic E-state index is -0.454. The third kappa shape index (κ3) is 5.07. The number of aryl methyl sites for hydroxylation is 2. The van der Waals surface area contributed by atoms with Crippen molar-refractivity contribution in [1.82, 2.24) is 0 Å². The van der Waals surface area contributed by atoms with Crippen LogP contribution in [-0.2, 0) is 0 Å². The highest BCUT2D eigenvalue weighted by molar-refractivity contribution is 5.94. The second-order valence-corrected chi connectivity index (χ2v) is 7.98. The maximum absolute atomic E-state index is 12.7. The molecule has 0 amide bonds. The molecule has 34 heavy (non-hydrogen) atoms. The molecule has 4 N–H and O–H groups in total. The lowest BCUT2D eigenvalue weighted by atomic mass is 9.94. The molecule has 4 aromatic rings. The number of hydrogen-bond acceptors (Lipinski definition) is 6. The molecule has 6 nitrogen and oxygen atoms in total. The molecular weight excluding hydrogens is 428 g/mol. The lowest BCUT2D eigenvalue weighted by Crippen LogP contribution is -2.11. The minimum absolute atomic E-state index is 0.427. The normalized spacial score (nSPS) is 10.5. The summed E-state index contributed by atoms with van der Waals surface area (Å²) in [7, 11) is 0. The van der Waals surface area contributed by atoms with Gasteiger partial charge in [-0.3, -0.25) is 0 Å². The third-order valence-electron chi connectivity index (χ3n) is 5.40. The molecule has 4 rings (SSSR count). The summed E-state index contributed by atoms with van der Waals surface area (Å²) >= 11 is 0. The zero-order valence-electron chi connectivity index (χ0n) is 18.9. The molecule has 0 atom stereocenters. The lowest BCUT2D eigenvalue weighted by molar-refractivity contribution is 0.0724. The Kier molecular flexibility index (Phi) is 6.32. The van der Waals surface area contributed by atoms with Gasteiger partial charge in [0, 0.05) is 11.4 Å². The molecule has 0 aromatic heterocycles. The van der Waals surface area contributed by atoms with E-state index < -0.39 is 11.9 Å². The molecule has 170 valence electrons. The summed E-state index contributed by atoms with van der Waals surface area (Å²) in [6, 6.07) is 24.2. The monoisotopic (exact) mass is 452 g/mol. The van der Waals surface area contributed by atoms with Gasteiger partial charge in [0.2, 0.25) is 0 Å². The standard InChI is InChI=1S/C28H24N2O4/c1-17-16-26(28(32)34-24-13-9-22(30)10-14-24)18(2)15-25(17)19-3-5-20(6-4-19)27(31)33-23-11-7-21(29)8-12-23/h3-16H,29-30H2,1-2H3. The summed E-state index contributed by atoms with van der Waals surface area (Å²) in [5, 5.41) is 0. The molecule has 0 unspecified atom stereocenters. The SMILES string of the molecule is Cc1cc(-c2ccc(C(=O)Oc3ccc(N)cc3)cc2)c(C)cc1C(=O)Oc1ccc(N)cc1. The van der Waals surface area contributed by atoms with Gasteiger partial charge < -0.3 is 20.9 Å². The molecule has 6 heteroatoms. The van der Waals surface area contributed by atoms with Gasteiger partial charge in [-0.2, -0.15) is 0 Å². The Morgan fingerprint density at radius 3 is 1.65 bits per heavy atom. The van der Waals surface area contributed by atoms with Crippen molar-refractivity contribution in [2.45, 2.75) is 13.8 Å². The fourth-order valence-electron chi connectivity index (χ4n) is 3.53. The Balaban J connectivity index is 1.51. The maximum Gasteiger partial charge on any atom is 0.343 e. The van der Waals surface area contributed by atoms with Crippen LogP contribution in [0.5, 0.6) is 11.5 Å². The van der Waals surface area contributed by atoms with Crippen molar-refractivity contribution in [3.63, 3.8) is 0 Å². The highest BCUT2D eigenvalue weighted by Crippen LogP contribution is 2.28. The van der Waals surface area contributed by atoms with Crippen molar-refractivity contribution >= 4 is 23.3 Å². The molecule has 0 bridgehead atoms. The minimum Gasteiger partial charge on any atom is -0.423 e. The van der Waals surface area contributed by atoms with Crippen molar-refractivity contribution in [1.29, 1.82) is 0 Å². The van der Waals surface area contributed by atoms with Crippen LogP contribution in [0.1, 0.15) is 31.8 Å². The molecule has 0 aliphatic heterocycles. The van der Waals surface area contributed by atoms with Gasteiger partial charge in [-0.25, -0.2) is 9.59 Å². The molecule has 0 fully saturated rings. The largest absolute Gasteiger partial charge is 0.423 e. The van der Waals surface area contributed by atoms with Gasteiger partial charge in [-0.05, 0) is 103 Å². The number of rotatable bonds is 5. The third-order valence-corrected chi connectivity index (χ3v) is 5.40. The van der Waals surface area contributed by atoms with Crippen LogP contribution in [0.15, 0.2) is 84.9 Å². The number of benzene rings is 4. The van der Waals surface area contributed by atoms with E-state index in [2.05, 4.69) is 0 Å². The Labute approximate surface area is 197 Å². The number of carbonyl (C=O) groups excluding carboxylic acids is 2. The van der Waals surface area contributed by atoms with Crippen LogP contribution in [0.4, 0.5) is 11.4 Å². The first-order valence-electron chi connectivity index (χ1n) is 10.7. The Morgan fingerprint density at radius 2 is 1.12 bits per heavy atom. The van der Waals surface area contributed by atoms with Crippen molar-refractivity contribution in [2.24, 2.45) is 0 Å². The van der Waals surface area contributed by atoms with E-state index in [1.807, 2.05) is 38.1 Å². The van der Waals surface area contributed by atoms with E-state index in [4.69, 9.17) is 20.9 Å². The van der Waals surface area contributed by atoms with Crippen LogP contribution in [0.2, 0.25) is 0 Å². The van der Waals surface area contributed by atoms with Gasteiger partial charge in [0.05, 0.1) is 11.1 Å². The molecule has 4 aromatic carbocycles. The van der Waals surface area contributed by atoms with Crippen LogP contribution in [0.25, 0.3) is 11.1 Å². The number of hydrogen-bond donors (Lipinski definition) is 2. The van der Waals surface area contributed by atoms with Crippen molar-refractivity contribution in [3.05, 3.63) is 107 Å². The predicted octanol–water partition coefficient (Wildman–Crippen LogP) is 5.57. The fraction of sp³-hybridized carbons (Fsp3) is 0.0714. The molecule has 0 aliphatic carbocycles. The second-order valence-electron chi connectivity index (χ2n) is 7.98. The molecule has 0 saturated heterocycles. The Bertz CT molecular complexity index is 1340. The van der Waals surface area contributed by atoms with Gasteiger partial charge in [0.25, 0.3) is 0 Å². The zero-order valence-corrected chi connectivity index (χ0v) is 18.9. The summed E-state index contributed by atoms with van der Waals surface area (Å²) in [6.07, 6.45) is 0. The van der Waals surface area contributed by atoms with Crippen LogP contribution in [0.3, 0.4) is 0 Å². The van der Waals surface area contributed by atoms with Gasteiger partial charge in [0.15, 0.2) is 0 Å². The Morgan fingerprint density at radius 1 is 0.618 bits per heavy atom. The van der Waals surface area contributed by atoms with E-state index >= 15 is 0 Å². The van der Waals surface area contributed by atoms with E-state index in [9.17, 15) is 9.59 Å². The lowest BCUT2D eigenvalue weighted by Gasteiger charge is -2.13. The Hall–Kier alpha value is -4.58. The topological polar surface area (TPSA) is 105 Å². The predicted molar refractivity (Wildman–Crippen MR) is 133 cm³/mol. The van der Waals surface area contributed by atoms with Crippen molar-refractivity contribution in [2.75, 3.05) is 11.5 Å². The number of esters is 2. The van der Waals surface area contributed by atoms with E-state index in [1.165, 1.54) is 0 Å². The summed E-state index contributed by atoms with van der Waals surface area (Å²) in [4.78, 5) is 25.1. The molecule has 0 saturated carbocycles. The second kappa shape index (κ2) is 9.50. The van der Waals surface area contributed by atoms with Crippen LogP contribution >= 0.6 is 0 Å². The summed E-state index contributed by atoms with van der Waals surface area (Å²) in [5.41, 5.74) is 17.0. The summed E-state index contributed by atoms with van der Waals surface area (Å²) < 4.78 is 10.9. The van der Waals surface area contributed by atoms with Crippen LogP contribution in [-0.4, -0.2) is 11.9 Å². The molecule has 0 aliphatic rings. The quantitative estimate of drug-likeness (QED) is 0.233. The highest BCUT2D eigenvalue weighted by atomic mass is 16.5. The average molecular weight is 453 g/mol. The van der Waals surface area contributed by atoms with Gasteiger partial charge >= 0.3 is 11.9 Å². The molecular formula is C28H24N2O4. The molecule has 0 spiro atoms. The number of carbonyl (C=O) groups is 2. The van der Waals surface area contributed by atoms with Crippen LogP contribution < -0.4 is 20.9 Å². The highest BCUT2D eigenvalue weighted by Gasteiger charge is 2.16. The number of ether oxygens (including phenoxy) is 2. The first-order valence-corrected chi connectivity index (χ1v) is 10.7. The zero-order chi connectivity index (χ0) is 24.2. The molecule has 0 heterocycles. The first-order chi connectivity index (χ1) is 16.3. The maximum atomic E-state index is 12.7.